The Labute approximate surface area is 233 Å². The zero-order valence-corrected chi connectivity index (χ0v) is 21.8. The lowest BCUT2D eigenvalue weighted by Crippen LogP contribution is -2.71. The second-order valence-corrected chi connectivity index (χ2v) is 10.2. The molecule has 1 unspecified atom stereocenters. The van der Waals surface area contributed by atoms with E-state index in [4.69, 9.17) is 4.74 Å². The number of hydrogen-bond acceptors (Lipinski definition) is 7. The minimum atomic E-state index is -0.946. The standard InChI is InChI=1S/C29H24FN3O6S/c30-20-13-11-17(12-14-20)15-22(34)31-23-27(36)33-24(21(26(35)32-38)16-40-28(23)33)29(37)39-25(18-7-3-1-4-8-18)19-9-5-2-6-10-19/h1-14,23,25,28,38H,15-16H2,(H,31,34)(H,32,35)/t23?,28-/m1/s1. The Hall–Kier alpha value is -4.48. The minimum Gasteiger partial charge on any atom is -0.448 e. The van der Waals surface area contributed by atoms with Gasteiger partial charge in [-0.05, 0) is 28.8 Å². The molecule has 2 aliphatic heterocycles. The van der Waals surface area contributed by atoms with Crippen LogP contribution in [0.25, 0.3) is 0 Å². The molecule has 40 heavy (non-hydrogen) atoms. The van der Waals surface area contributed by atoms with Gasteiger partial charge in [-0.15, -0.1) is 11.8 Å². The third-order valence-corrected chi connectivity index (χ3v) is 7.84. The van der Waals surface area contributed by atoms with E-state index in [0.717, 1.165) is 16.7 Å². The van der Waals surface area contributed by atoms with Crippen LogP contribution in [0.2, 0.25) is 0 Å². The quantitative estimate of drug-likeness (QED) is 0.167. The van der Waals surface area contributed by atoms with Crippen LogP contribution in [0.3, 0.4) is 0 Å². The Morgan fingerprint density at radius 1 is 0.975 bits per heavy atom. The molecule has 11 heteroatoms. The lowest BCUT2D eigenvalue weighted by molar-refractivity contribution is -0.155. The molecule has 0 spiro atoms. The van der Waals surface area contributed by atoms with Crippen molar-refractivity contribution in [2.75, 3.05) is 5.75 Å². The Morgan fingerprint density at radius 3 is 2.15 bits per heavy atom. The van der Waals surface area contributed by atoms with Gasteiger partial charge in [0.1, 0.15) is 22.9 Å². The molecule has 3 aromatic carbocycles. The maximum absolute atomic E-state index is 13.7. The molecule has 5 rings (SSSR count). The number of hydrogen-bond donors (Lipinski definition) is 3. The van der Waals surface area contributed by atoms with Crippen molar-refractivity contribution in [3.8, 4) is 0 Å². The number of fused-ring (bicyclic) bond motifs is 1. The molecule has 1 fully saturated rings. The van der Waals surface area contributed by atoms with E-state index in [0.29, 0.717) is 16.7 Å². The molecule has 1 saturated heterocycles. The van der Waals surface area contributed by atoms with Crippen LogP contribution in [0.4, 0.5) is 4.39 Å². The number of halogens is 1. The average molecular weight is 562 g/mol. The van der Waals surface area contributed by atoms with Crippen molar-refractivity contribution in [2.45, 2.75) is 23.9 Å². The van der Waals surface area contributed by atoms with E-state index >= 15 is 0 Å². The first-order valence-corrected chi connectivity index (χ1v) is 13.4. The fourth-order valence-corrected chi connectivity index (χ4v) is 5.95. The Morgan fingerprint density at radius 2 is 1.57 bits per heavy atom. The molecule has 3 amide bonds. The molecule has 0 radical (unpaired) electrons. The van der Waals surface area contributed by atoms with Gasteiger partial charge in [0.05, 0.1) is 12.0 Å². The highest BCUT2D eigenvalue weighted by Gasteiger charge is 2.55. The summed E-state index contributed by atoms with van der Waals surface area (Å²) in [5, 5.41) is 11.3. The van der Waals surface area contributed by atoms with E-state index in [1.165, 1.54) is 29.7 Å². The number of β-lactam (4-membered cyclic amide) rings is 1. The fourth-order valence-electron chi connectivity index (χ4n) is 4.61. The zero-order chi connectivity index (χ0) is 28.2. The van der Waals surface area contributed by atoms with E-state index in [1.54, 1.807) is 48.5 Å². The average Bonchev–Trinajstić information content (AvgIpc) is 2.99. The van der Waals surface area contributed by atoms with Crippen molar-refractivity contribution in [3.05, 3.63) is 119 Å². The van der Waals surface area contributed by atoms with Crippen LogP contribution in [-0.2, 0) is 30.3 Å². The van der Waals surface area contributed by atoms with Crippen molar-refractivity contribution < 1.29 is 33.5 Å². The number of benzene rings is 3. The molecular weight excluding hydrogens is 537 g/mol. The number of hydroxylamine groups is 1. The van der Waals surface area contributed by atoms with Gasteiger partial charge < -0.3 is 10.1 Å². The summed E-state index contributed by atoms with van der Waals surface area (Å²) >= 11 is 1.16. The number of carbonyl (C=O) groups is 4. The van der Waals surface area contributed by atoms with Crippen molar-refractivity contribution in [1.29, 1.82) is 0 Å². The first-order valence-electron chi connectivity index (χ1n) is 12.3. The third-order valence-electron chi connectivity index (χ3n) is 6.56. The number of amides is 3. The van der Waals surface area contributed by atoms with Gasteiger partial charge >= 0.3 is 5.97 Å². The highest BCUT2D eigenvalue weighted by Crippen LogP contribution is 2.41. The molecule has 0 saturated carbocycles. The molecule has 2 heterocycles. The van der Waals surface area contributed by atoms with Gasteiger partial charge in [-0.1, -0.05) is 72.8 Å². The molecule has 2 aliphatic rings. The second-order valence-electron chi connectivity index (χ2n) is 9.13. The van der Waals surface area contributed by atoms with Crippen LogP contribution in [0, 0.1) is 5.82 Å². The maximum Gasteiger partial charge on any atom is 0.356 e. The lowest BCUT2D eigenvalue weighted by atomic mass is 10.00. The molecule has 3 aromatic rings. The van der Waals surface area contributed by atoms with E-state index in [1.807, 2.05) is 12.1 Å². The Bertz CT molecular complexity index is 1430. The Kier molecular flexibility index (Phi) is 7.94. The predicted molar refractivity (Wildman–Crippen MR) is 143 cm³/mol. The lowest BCUT2D eigenvalue weighted by Gasteiger charge is -2.49. The summed E-state index contributed by atoms with van der Waals surface area (Å²) in [5.41, 5.74) is 3.04. The van der Waals surface area contributed by atoms with Crippen molar-refractivity contribution in [3.63, 3.8) is 0 Å². The number of ether oxygens (including phenoxy) is 1. The summed E-state index contributed by atoms with van der Waals surface area (Å²) in [7, 11) is 0. The number of rotatable bonds is 8. The minimum absolute atomic E-state index is 0.0169. The van der Waals surface area contributed by atoms with Gasteiger partial charge in [0, 0.05) is 5.75 Å². The first-order chi connectivity index (χ1) is 19.4. The SMILES string of the molecule is O=C(Cc1ccc(F)cc1)NC1C(=O)N2C(C(=O)OC(c3ccccc3)c3ccccc3)=C(C(=O)NO)CS[C@H]12. The normalized spacial score (nSPS) is 18.1. The van der Waals surface area contributed by atoms with Crippen molar-refractivity contribution >= 4 is 35.5 Å². The largest absolute Gasteiger partial charge is 0.448 e. The maximum atomic E-state index is 13.7. The number of carbonyl (C=O) groups excluding carboxylic acids is 4. The van der Waals surface area contributed by atoms with Gasteiger partial charge in [-0.25, -0.2) is 14.7 Å². The van der Waals surface area contributed by atoms with E-state index in [2.05, 4.69) is 5.32 Å². The van der Waals surface area contributed by atoms with Crippen LogP contribution in [0.15, 0.2) is 96.2 Å². The second kappa shape index (κ2) is 11.7. The van der Waals surface area contributed by atoms with Crippen LogP contribution in [-0.4, -0.2) is 51.0 Å². The molecule has 2 atom stereocenters. The van der Waals surface area contributed by atoms with E-state index < -0.39 is 47.0 Å². The topological polar surface area (TPSA) is 125 Å². The van der Waals surface area contributed by atoms with Gasteiger partial charge in [-0.2, -0.15) is 0 Å². The highest BCUT2D eigenvalue weighted by atomic mass is 32.2. The number of thioether (sulfide) groups is 1. The fraction of sp³-hybridized carbons (Fsp3) is 0.172. The molecular formula is C29H24FN3O6S. The zero-order valence-electron chi connectivity index (χ0n) is 21.0. The summed E-state index contributed by atoms with van der Waals surface area (Å²) in [5.74, 6) is -3.36. The molecule has 9 nitrogen and oxygen atoms in total. The van der Waals surface area contributed by atoms with Gasteiger partial charge in [0.2, 0.25) is 5.91 Å². The van der Waals surface area contributed by atoms with Crippen LogP contribution in [0.1, 0.15) is 22.8 Å². The summed E-state index contributed by atoms with van der Waals surface area (Å²) in [4.78, 5) is 53.1. The summed E-state index contributed by atoms with van der Waals surface area (Å²) in [6, 6.07) is 22.5. The summed E-state index contributed by atoms with van der Waals surface area (Å²) < 4.78 is 19.1. The summed E-state index contributed by atoms with van der Waals surface area (Å²) in [6.45, 7) is 0. The third kappa shape index (κ3) is 5.47. The number of nitrogens with zero attached hydrogens (tertiary/aromatic N) is 1. The molecule has 0 aliphatic carbocycles. The smallest absolute Gasteiger partial charge is 0.356 e. The Balaban J connectivity index is 1.39. The van der Waals surface area contributed by atoms with Crippen LogP contribution in [0.5, 0.6) is 0 Å². The van der Waals surface area contributed by atoms with Gasteiger partial charge in [0.15, 0.2) is 6.10 Å². The molecule has 0 bridgehead atoms. The molecule has 0 aromatic heterocycles. The van der Waals surface area contributed by atoms with E-state index in [-0.39, 0.29) is 23.4 Å². The predicted octanol–water partition coefficient (Wildman–Crippen LogP) is 2.86. The van der Waals surface area contributed by atoms with Crippen molar-refractivity contribution in [2.24, 2.45) is 0 Å². The van der Waals surface area contributed by atoms with Crippen LogP contribution >= 0.6 is 11.8 Å². The molecule has 204 valence electrons. The van der Waals surface area contributed by atoms with E-state index in [9.17, 15) is 28.8 Å². The molecule has 3 N–H and O–H groups in total. The first kappa shape index (κ1) is 27.1. The number of nitrogens with one attached hydrogen (secondary N) is 2. The van der Waals surface area contributed by atoms with Gasteiger partial charge in [0.25, 0.3) is 11.8 Å². The van der Waals surface area contributed by atoms with Crippen LogP contribution < -0.4 is 10.8 Å². The highest BCUT2D eigenvalue weighted by molar-refractivity contribution is 8.00. The van der Waals surface area contributed by atoms with Gasteiger partial charge in [-0.3, -0.25) is 24.5 Å². The van der Waals surface area contributed by atoms with Crippen molar-refractivity contribution in [1.82, 2.24) is 15.7 Å². The monoisotopic (exact) mass is 561 g/mol. The summed E-state index contributed by atoms with van der Waals surface area (Å²) in [6.07, 6.45) is -0.906. The number of esters is 1.